The molecular formula is C18H28ClN3O2. The fourth-order valence-corrected chi connectivity index (χ4v) is 3.32. The molecular weight excluding hydrogens is 326 g/mol. The Bertz CT molecular complexity index is 549. The number of hydrogen-bond acceptors (Lipinski definition) is 4. The molecule has 1 aliphatic rings. The van der Waals surface area contributed by atoms with Crippen LogP contribution in [-0.2, 0) is 4.74 Å². The Morgan fingerprint density at radius 2 is 1.92 bits per heavy atom. The largest absolute Gasteiger partial charge is 0.378 e. The van der Waals surface area contributed by atoms with Crippen LogP contribution in [0.5, 0.6) is 0 Å². The Hall–Kier alpha value is -1.33. The van der Waals surface area contributed by atoms with Crippen molar-refractivity contribution in [2.24, 2.45) is 17.8 Å². The first kappa shape index (κ1) is 19.0. The zero-order valence-corrected chi connectivity index (χ0v) is 15.8. The number of pyridine rings is 1. The summed E-state index contributed by atoms with van der Waals surface area (Å²) in [5.41, 5.74) is 0.525. The van der Waals surface area contributed by atoms with Gasteiger partial charge in [0.25, 0.3) is 5.91 Å². The summed E-state index contributed by atoms with van der Waals surface area (Å²) in [6.45, 7) is 12.1. The van der Waals surface area contributed by atoms with Crippen LogP contribution in [0.25, 0.3) is 0 Å². The van der Waals surface area contributed by atoms with E-state index in [1.54, 1.807) is 17.2 Å². The van der Waals surface area contributed by atoms with Gasteiger partial charge in [-0.3, -0.25) is 4.79 Å². The number of nitrogens with zero attached hydrogens (tertiary/aromatic N) is 2. The molecule has 2 heterocycles. The minimum atomic E-state index is -0.0403. The Labute approximate surface area is 149 Å². The Morgan fingerprint density at radius 3 is 2.46 bits per heavy atom. The lowest BCUT2D eigenvalue weighted by Crippen LogP contribution is -2.40. The number of halogens is 1. The number of nitrogens with one attached hydrogen (secondary N) is 1. The van der Waals surface area contributed by atoms with Gasteiger partial charge < -0.3 is 15.0 Å². The maximum atomic E-state index is 12.5. The second-order valence-electron chi connectivity index (χ2n) is 6.99. The second-order valence-corrected chi connectivity index (χ2v) is 7.40. The molecule has 1 fully saturated rings. The maximum absolute atomic E-state index is 12.5. The monoisotopic (exact) mass is 353 g/mol. The van der Waals surface area contributed by atoms with Crippen LogP contribution in [0.1, 0.15) is 38.1 Å². The molecule has 1 aliphatic heterocycles. The number of carbonyl (C=O) groups excluding carboxylic acids is 1. The Morgan fingerprint density at radius 1 is 1.29 bits per heavy atom. The molecule has 1 aromatic heterocycles. The fourth-order valence-electron chi connectivity index (χ4n) is 3.09. The molecule has 0 unspecified atom stereocenters. The standard InChI is InChI=1S/C18H28ClN3O2/c1-12(2)15(13(3)4)11-21-17-16(19)9-14(10-20-17)18(23)22-5-7-24-8-6-22/h9-10,12-13,15H,5-8,11H2,1-4H3,(H,20,21). The summed E-state index contributed by atoms with van der Waals surface area (Å²) >= 11 is 6.33. The van der Waals surface area contributed by atoms with Crippen molar-refractivity contribution in [1.29, 1.82) is 0 Å². The van der Waals surface area contributed by atoms with Gasteiger partial charge in [-0.2, -0.15) is 0 Å². The normalized spacial score (nSPS) is 15.4. The van der Waals surface area contributed by atoms with E-state index in [2.05, 4.69) is 38.0 Å². The number of aromatic nitrogens is 1. The number of morpholine rings is 1. The lowest BCUT2D eigenvalue weighted by atomic mass is 9.85. The van der Waals surface area contributed by atoms with Gasteiger partial charge in [0.15, 0.2) is 0 Å². The van der Waals surface area contributed by atoms with Gasteiger partial charge in [0, 0.05) is 25.8 Å². The molecule has 0 spiro atoms. The predicted molar refractivity (Wildman–Crippen MR) is 97.6 cm³/mol. The highest BCUT2D eigenvalue weighted by Gasteiger charge is 2.21. The summed E-state index contributed by atoms with van der Waals surface area (Å²) in [6, 6.07) is 1.70. The molecule has 0 atom stereocenters. The fraction of sp³-hybridized carbons (Fsp3) is 0.667. The third-order valence-corrected chi connectivity index (χ3v) is 4.89. The van der Waals surface area contributed by atoms with E-state index in [-0.39, 0.29) is 5.91 Å². The number of amides is 1. The van der Waals surface area contributed by atoms with Gasteiger partial charge in [-0.05, 0) is 23.8 Å². The number of ether oxygens (including phenoxy) is 1. The molecule has 0 radical (unpaired) electrons. The van der Waals surface area contributed by atoms with Crippen LogP contribution in [0.2, 0.25) is 5.02 Å². The first-order valence-corrected chi connectivity index (χ1v) is 9.04. The number of anilines is 1. The van der Waals surface area contributed by atoms with E-state index in [0.717, 1.165) is 6.54 Å². The van der Waals surface area contributed by atoms with Crippen molar-refractivity contribution < 1.29 is 9.53 Å². The van der Waals surface area contributed by atoms with Gasteiger partial charge in [-0.15, -0.1) is 0 Å². The average molecular weight is 354 g/mol. The molecule has 1 saturated heterocycles. The minimum absolute atomic E-state index is 0.0403. The van der Waals surface area contributed by atoms with Gasteiger partial charge in [0.1, 0.15) is 5.82 Å². The molecule has 0 saturated carbocycles. The van der Waals surface area contributed by atoms with Gasteiger partial charge in [0.2, 0.25) is 0 Å². The quantitative estimate of drug-likeness (QED) is 0.849. The Balaban J connectivity index is 2.02. The van der Waals surface area contributed by atoms with Crippen LogP contribution in [0.3, 0.4) is 0 Å². The average Bonchev–Trinajstić information content (AvgIpc) is 2.55. The van der Waals surface area contributed by atoms with Crippen LogP contribution in [0.4, 0.5) is 5.82 Å². The van der Waals surface area contributed by atoms with E-state index in [4.69, 9.17) is 16.3 Å². The van der Waals surface area contributed by atoms with Crippen molar-refractivity contribution in [1.82, 2.24) is 9.88 Å². The van der Waals surface area contributed by atoms with E-state index in [0.29, 0.717) is 60.5 Å². The van der Waals surface area contributed by atoms with Crippen LogP contribution < -0.4 is 5.32 Å². The molecule has 2 rings (SSSR count). The summed E-state index contributed by atoms with van der Waals surface area (Å²) < 4.78 is 5.28. The second kappa shape index (κ2) is 8.67. The van der Waals surface area contributed by atoms with Gasteiger partial charge >= 0.3 is 0 Å². The van der Waals surface area contributed by atoms with E-state index in [1.807, 2.05) is 0 Å². The first-order valence-electron chi connectivity index (χ1n) is 8.66. The molecule has 134 valence electrons. The molecule has 24 heavy (non-hydrogen) atoms. The highest BCUT2D eigenvalue weighted by Crippen LogP contribution is 2.25. The van der Waals surface area contributed by atoms with Crippen LogP contribution >= 0.6 is 11.6 Å². The van der Waals surface area contributed by atoms with Crippen LogP contribution in [0.15, 0.2) is 12.3 Å². The SMILES string of the molecule is CC(C)C(CNc1ncc(C(=O)N2CCOCC2)cc1Cl)C(C)C. The lowest BCUT2D eigenvalue weighted by Gasteiger charge is -2.27. The summed E-state index contributed by atoms with van der Waals surface area (Å²) in [6.07, 6.45) is 1.60. The molecule has 5 nitrogen and oxygen atoms in total. The van der Waals surface area contributed by atoms with Crippen molar-refractivity contribution in [3.8, 4) is 0 Å². The summed E-state index contributed by atoms with van der Waals surface area (Å²) in [5, 5.41) is 3.82. The molecule has 1 N–H and O–H groups in total. The topological polar surface area (TPSA) is 54.5 Å². The third kappa shape index (κ3) is 4.84. The van der Waals surface area contributed by atoms with Gasteiger partial charge in [0.05, 0.1) is 23.8 Å². The van der Waals surface area contributed by atoms with Crippen LogP contribution in [-0.4, -0.2) is 48.6 Å². The van der Waals surface area contributed by atoms with Gasteiger partial charge in [-0.1, -0.05) is 39.3 Å². The first-order chi connectivity index (χ1) is 11.4. The molecule has 1 aromatic rings. The number of hydrogen-bond donors (Lipinski definition) is 1. The molecule has 1 amide bonds. The minimum Gasteiger partial charge on any atom is -0.378 e. The van der Waals surface area contributed by atoms with Crippen molar-refractivity contribution >= 4 is 23.3 Å². The number of rotatable bonds is 6. The zero-order valence-electron chi connectivity index (χ0n) is 15.0. The lowest BCUT2D eigenvalue weighted by molar-refractivity contribution is 0.0302. The molecule has 0 aromatic carbocycles. The number of carbonyl (C=O) groups is 1. The van der Waals surface area contributed by atoms with E-state index in [1.165, 1.54) is 0 Å². The molecule has 0 bridgehead atoms. The maximum Gasteiger partial charge on any atom is 0.255 e. The van der Waals surface area contributed by atoms with Crippen molar-refractivity contribution in [3.63, 3.8) is 0 Å². The van der Waals surface area contributed by atoms with E-state index in [9.17, 15) is 4.79 Å². The summed E-state index contributed by atoms with van der Waals surface area (Å²) in [4.78, 5) is 18.6. The van der Waals surface area contributed by atoms with Gasteiger partial charge in [-0.25, -0.2) is 4.98 Å². The van der Waals surface area contributed by atoms with Crippen LogP contribution in [0, 0.1) is 17.8 Å². The summed E-state index contributed by atoms with van der Waals surface area (Å²) in [7, 11) is 0. The molecule has 0 aliphatic carbocycles. The highest BCUT2D eigenvalue weighted by molar-refractivity contribution is 6.33. The summed E-state index contributed by atoms with van der Waals surface area (Å²) in [5.74, 6) is 2.30. The predicted octanol–water partition coefficient (Wildman–Crippen LogP) is 3.55. The highest BCUT2D eigenvalue weighted by atomic mass is 35.5. The smallest absolute Gasteiger partial charge is 0.255 e. The van der Waals surface area contributed by atoms with E-state index < -0.39 is 0 Å². The van der Waals surface area contributed by atoms with E-state index >= 15 is 0 Å². The Kier molecular flexibility index (Phi) is 6.87. The molecule has 6 heteroatoms. The zero-order chi connectivity index (χ0) is 17.7. The van der Waals surface area contributed by atoms with Crippen molar-refractivity contribution in [2.45, 2.75) is 27.7 Å². The van der Waals surface area contributed by atoms with Crippen molar-refractivity contribution in [2.75, 3.05) is 38.2 Å². The van der Waals surface area contributed by atoms with Crippen molar-refractivity contribution in [3.05, 3.63) is 22.8 Å². The third-order valence-electron chi connectivity index (χ3n) is 4.60.